The number of para-hydroxylation sites is 1. The molecular weight excluding hydrogens is 339 g/mol. The van der Waals surface area contributed by atoms with Crippen molar-refractivity contribution < 1.29 is 32.6 Å². The molecule has 0 saturated heterocycles. The van der Waals surface area contributed by atoms with Crippen molar-refractivity contribution in [1.82, 2.24) is 0 Å². The largest absolute Gasteiger partial charge is 0.490 e. The van der Waals surface area contributed by atoms with Crippen molar-refractivity contribution in [3.63, 3.8) is 0 Å². The fourth-order valence-corrected chi connectivity index (χ4v) is 2.22. The Kier molecular flexibility index (Phi) is 5.43. The van der Waals surface area contributed by atoms with Gasteiger partial charge in [0.1, 0.15) is 17.9 Å². The van der Waals surface area contributed by atoms with E-state index in [0.29, 0.717) is 11.3 Å². The Morgan fingerprint density at radius 1 is 1.04 bits per heavy atom. The molecule has 2 atom stereocenters. The third kappa shape index (κ3) is 4.36. The molecule has 0 saturated carbocycles. The number of ketones is 1. The molecule has 2 aromatic carbocycles. The molecule has 5 nitrogen and oxygen atoms in total. The fraction of sp³-hybridized carbons (Fsp3) is 0.176. The van der Waals surface area contributed by atoms with E-state index in [1.165, 1.54) is 0 Å². The van der Waals surface area contributed by atoms with Crippen LogP contribution in [0.15, 0.2) is 54.6 Å². The second kappa shape index (κ2) is 7.35. The number of alkyl halides is 3. The van der Waals surface area contributed by atoms with Gasteiger partial charge in [-0.25, -0.2) is 4.79 Å². The first kappa shape index (κ1) is 18.5. The summed E-state index contributed by atoms with van der Waals surface area (Å²) in [6.45, 7) is 0. The van der Waals surface area contributed by atoms with E-state index >= 15 is 0 Å². The van der Waals surface area contributed by atoms with Crippen LogP contribution < -0.4 is 10.5 Å². The predicted octanol–water partition coefficient (Wildman–Crippen LogP) is 2.96. The summed E-state index contributed by atoms with van der Waals surface area (Å²) in [6, 6.07) is 16.2. The smallest absolute Gasteiger partial charge is 0.483 e. The minimum absolute atomic E-state index is 0.0642. The number of carbonyl (C=O) groups excluding carboxylic acids is 1. The van der Waals surface area contributed by atoms with Crippen LogP contribution in [-0.2, 0) is 4.79 Å². The number of carboxylic acid groups (broad SMARTS) is 1. The monoisotopic (exact) mass is 353 g/mol. The molecule has 2 aromatic rings. The Morgan fingerprint density at radius 2 is 1.56 bits per heavy atom. The van der Waals surface area contributed by atoms with Gasteiger partial charge in [0.05, 0.1) is 5.56 Å². The van der Waals surface area contributed by atoms with Crippen LogP contribution >= 0.6 is 0 Å². The highest BCUT2D eigenvalue weighted by Crippen LogP contribution is 2.33. The number of fused-ring (bicyclic) bond motifs is 1. The maximum atomic E-state index is 12.2. The Morgan fingerprint density at radius 3 is 2.12 bits per heavy atom. The molecule has 3 rings (SSSR count). The van der Waals surface area contributed by atoms with Crippen LogP contribution in [0.3, 0.4) is 0 Å². The number of aliphatic carboxylic acids is 1. The van der Waals surface area contributed by atoms with E-state index in [4.69, 9.17) is 20.4 Å². The van der Waals surface area contributed by atoms with Gasteiger partial charge in [-0.1, -0.05) is 42.5 Å². The lowest BCUT2D eigenvalue weighted by molar-refractivity contribution is -0.192. The normalized spacial score (nSPS) is 19.1. The van der Waals surface area contributed by atoms with Crippen molar-refractivity contribution >= 4 is 11.8 Å². The van der Waals surface area contributed by atoms with Crippen LogP contribution in [-0.4, -0.2) is 29.1 Å². The van der Waals surface area contributed by atoms with Gasteiger partial charge < -0.3 is 15.6 Å². The van der Waals surface area contributed by atoms with Crippen molar-refractivity contribution in [3.8, 4) is 5.75 Å². The number of benzene rings is 2. The van der Waals surface area contributed by atoms with Gasteiger partial charge >= 0.3 is 12.1 Å². The molecule has 0 aromatic heterocycles. The van der Waals surface area contributed by atoms with Gasteiger partial charge in [-0.05, 0) is 17.7 Å². The summed E-state index contributed by atoms with van der Waals surface area (Å²) in [7, 11) is 0. The molecule has 3 N–H and O–H groups in total. The lowest BCUT2D eigenvalue weighted by atomic mass is 9.92. The highest BCUT2D eigenvalue weighted by atomic mass is 19.4. The molecule has 0 bridgehead atoms. The topological polar surface area (TPSA) is 89.6 Å². The summed E-state index contributed by atoms with van der Waals surface area (Å²) in [5.74, 6) is -2.21. The SMILES string of the molecule is NC1C(=O)c2ccccc2OC1c1ccccc1.O=C(O)C(F)(F)F. The zero-order chi connectivity index (χ0) is 18.6. The summed E-state index contributed by atoms with van der Waals surface area (Å²) >= 11 is 0. The molecule has 8 heteroatoms. The van der Waals surface area contributed by atoms with Gasteiger partial charge in [0.15, 0.2) is 5.78 Å². The number of Topliss-reactive ketones (excluding diaryl/α,β-unsaturated/α-hetero) is 1. The zero-order valence-electron chi connectivity index (χ0n) is 12.7. The molecule has 1 aliphatic heterocycles. The molecule has 25 heavy (non-hydrogen) atoms. The van der Waals surface area contributed by atoms with E-state index in [1.54, 1.807) is 12.1 Å². The Bertz CT molecular complexity index is 762. The standard InChI is InChI=1S/C15H13NO2.C2HF3O2/c16-13-14(17)11-8-4-5-9-12(11)18-15(13)10-6-2-1-3-7-10;3-2(4,5)1(6)7/h1-9,13,15H,16H2;(H,6,7). The Hall–Kier alpha value is -2.87. The molecular formula is C17H14F3NO4. The number of ether oxygens (including phenoxy) is 1. The van der Waals surface area contributed by atoms with E-state index < -0.39 is 24.3 Å². The van der Waals surface area contributed by atoms with Crippen LogP contribution in [0.5, 0.6) is 5.75 Å². The van der Waals surface area contributed by atoms with E-state index in [1.807, 2.05) is 42.5 Å². The molecule has 0 spiro atoms. The van der Waals surface area contributed by atoms with E-state index in [2.05, 4.69) is 0 Å². The van der Waals surface area contributed by atoms with E-state index in [-0.39, 0.29) is 5.78 Å². The first-order valence-corrected chi connectivity index (χ1v) is 7.12. The number of rotatable bonds is 1. The maximum Gasteiger partial charge on any atom is 0.490 e. The number of halogens is 3. The first-order valence-electron chi connectivity index (χ1n) is 7.12. The minimum Gasteiger partial charge on any atom is -0.483 e. The van der Waals surface area contributed by atoms with Crippen LogP contribution in [0.4, 0.5) is 13.2 Å². The van der Waals surface area contributed by atoms with Crippen molar-refractivity contribution in [3.05, 3.63) is 65.7 Å². The second-order valence-corrected chi connectivity index (χ2v) is 5.14. The van der Waals surface area contributed by atoms with Gasteiger partial charge in [0.25, 0.3) is 0 Å². The number of hydrogen-bond acceptors (Lipinski definition) is 4. The van der Waals surface area contributed by atoms with Crippen molar-refractivity contribution in [2.24, 2.45) is 5.73 Å². The third-order valence-corrected chi connectivity index (χ3v) is 3.41. The number of hydrogen-bond donors (Lipinski definition) is 2. The highest BCUT2D eigenvalue weighted by molar-refractivity contribution is 6.03. The first-order chi connectivity index (χ1) is 11.7. The second-order valence-electron chi connectivity index (χ2n) is 5.14. The minimum atomic E-state index is -5.08. The van der Waals surface area contributed by atoms with Crippen LogP contribution in [0.25, 0.3) is 0 Å². The molecule has 2 unspecified atom stereocenters. The zero-order valence-corrected chi connectivity index (χ0v) is 12.7. The Balaban J connectivity index is 0.000000277. The lowest BCUT2D eigenvalue weighted by Crippen LogP contribution is -2.42. The molecule has 1 heterocycles. The van der Waals surface area contributed by atoms with Crippen molar-refractivity contribution in [2.45, 2.75) is 18.3 Å². The third-order valence-electron chi connectivity index (χ3n) is 3.41. The molecule has 0 amide bonds. The van der Waals surface area contributed by atoms with Gasteiger partial charge in [-0.15, -0.1) is 0 Å². The average molecular weight is 353 g/mol. The molecule has 0 aliphatic carbocycles. The maximum absolute atomic E-state index is 12.2. The van der Waals surface area contributed by atoms with Crippen molar-refractivity contribution in [1.29, 1.82) is 0 Å². The summed E-state index contributed by atoms with van der Waals surface area (Å²) in [5.41, 5.74) is 7.49. The van der Waals surface area contributed by atoms with Crippen LogP contribution in [0, 0.1) is 0 Å². The van der Waals surface area contributed by atoms with Crippen molar-refractivity contribution in [2.75, 3.05) is 0 Å². The van der Waals surface area contributed by atoms with E-state index in [9.17, 15) is 18.0 Å². The van der Waals surface area contributed by atoms with Gasteiger partial charge in [-0.3, -0.25) is 4.79 Å². The van der Waals surface area contributed by atoms with Crippen LogP contribution in [0.2, 0.25) is 0 Å². The van der Waals surface area contributed by atoms with Gasteiger partial charge in [0, 0.05) is 0 Å². The number of nitrogens with two attached hydrogens (primary N) is 1. The van der Waals surface area contributed by atoms with E-state index in [0.717, 1.165) is 5.56 Å². The highest BCUT2D eigenvalue weighted by Gasteiger charge is 2.38. The summed E-state index contributed by atoms with van der Waals surface area (Å²) < 4.78 is 37.6. The summed E-state index contributed by atoms with van der Waals surface area (Å²) in [5, 5.41) is 7.12. The molecule has 1 aliphatic rings. The quantitative estimate of drug-likeness (QED) is 0.823. The summed E-state index contributed by atoms with van der Waals surface area (Å²) in [6.07, 6.45) is -5.49. The van der Waals surface area contributed by atoms with Crippen LogP contribution in [0.1, 0.15) is 22.0 Å². The van der Waals surface area contributed by atoms with Gasteiger partial charge in [0.2, 0.25) is 0 Å². The lowest BCUT2D eigenvalue weighted by Gasteiger charge is -2.30. The number of carboxylic acids is 1. The molecule has 0 fully saturated rings. The fourth-order valence-electron chi connectivity index (χ4n) is 2.22. The average Bonchev–Trinajstić information content (AvgIpc) is 2.58. The summed E-state index contributed by atoms with van der Waals surface area (Å²) in [4.78, 5) is 21.1. The molecule has 132 valence electrons. The Labute approximate surface area is 140 Å². The molecule has 0 radical (unpaired) electrons. The predicted molar refractivity (Wildman–Crippen MR) is 82.2 cm³/mol. The van der Waals surface area contributed by atoms with Gasteiger partial charge in [-0.2, -0.15) is 13.2 Å². The number of carbonyl (C=O) groups is 2.